The predicted molar refractivity (Wildman–Crippen MR) is 144 cm³/mol. The minimum Gasteiger partial charge on any atom is -0.361 e. The van der Waals surface area contributed by atoms with Crippen molar-refractivity contribution in [2.75, 3.05) is 6.54 Å². The number of nitrogens with one attached hydrogen (secondary N) is 1. The second-order valence-corrected chi connectivity index (χ2v) is 11.1. The monoisotopic (exact) mass is 522 g/mol. The molecule has 0 aliphatic heterocycles. The van der Waals surface area contributed by atoms with E-state index in [1.807, 2.05) is 35.4 Å². The normalized spacial score (nSPS) is 15.5. The molecule has 178 valence electrons. The van der Waals surface area contributed by atoms with Crippen molar-refractivity contribution in [2.45, 2.75) is 44.1 Å². The van der Waals surface area contributed by atoms with E-state index in [0.29, 0.717) is 45.6 Å². The largest absolute Gasteiger partial charge is 0.361 e. The number of amides is 1. The van der Waals surface area contributed by atoms with Crippen molar-refractivity contribution in [2.24, 2.45) is 0 Å². The molecule has 6 heteroatoms. The van der Waals surface area contributed by atoms with E-state index in [1.54, 1.807) is 12.1 Å². The second kappa shape index (κ2) is 8.89. The van der Waals surface area contributed by atoms with Gasteiger partial charge in [-0.15, -0.1) is 0 Å². The lowest BCUT2D eigenvalue weighted by Gasteiger charge is -2.24. The Hall–Kier alpha value is -2.46. The minimum atomic E-state index is -0.0424. The lowest BCUT2D eigenvalue weighted by atomic mass is 9.97. The number of H-pyrrole nitrogens is 1. The number of carbonyl (C=O) groups is 1. The Balaban J connectivity index is 1.31. The number of aryl methyl sites for hydroxylation is 1. The number of fused-ring (bicyclic) bond motifs is 3. The van der Waals surface area contributed by atoms with Gasteiger partial charge < -0.3 is 9.88 Å². The van der Waals surface area contributed by atoms with E-state index in [-0.39, 0.29) is 5.91 Å². The molecule has 1 saturated carbocycles. The quantitative estimate of drug-likeness (QED) is 0.273. The van der Waals surface area contributed by atoms with Gasteiger partial charge in [-0.1, -0.05) is 59.1 Å². The first kappa shape index (κ1) is 23.0. The van der Waals surface area contributed by atoms with E-state index in [1.165, 1.54) is 30.4 Å². The van der Waals surface area contributed by atoms with Crippen LogP contribution < -0.4 is 0 Å². The third-order valence-corrected chi connectivity index (χ3v) is 8.59. The van der Waals surface area contributed by atoms with Crippen LogP contribution in [0.25, 0.3) is 10.9 Å². The molecule has 1 amide bonds. The van der Waals surface area contributed by atoms with Gasteiger partial charge >= 0.3 is 0 Å². The average molecular weight is 524 g/mol. The highest BCUT2D eigenvalue weighted by atomic mass is 35.5. The highest BCUT2D eigenvalue weighted by Gasteiger charge is 2.48. The van der Waals surface area contributed by atoms with Crippen LogP contribution in [0.4, 0.5) is 0 Å². The standard InChI is InChI=1S/C29H25Cl3N2O/c30-22-15-21-6-11-33-27(21)23(16-22)28(35)34(12-7-18-2-4-25(31)26(32)14-18)17-19-1-3-24-20(13-19)5-8-29(24)9-10-29/h1-4,6,11,13-16,33H,5,7-10,12,17H2. The zero-order valence-electron chi connectivity index (χ0n) is 19.2. The van der Waals surface area contributed by atoms with Crippen molar-refractivity contribution in [1.82, 2.24) is 9.88 Å². The van der Waals surface area contributed by atoms with E-state index in [2.05, 4.69) is 23.2 Å². The molecule has 1 spiro atoms. The Morgan fingerprint density at radius 1 is 0.914 bits per heavy atom. The summed E-state index contributed by atoms with van der Waals surface area (Å²) >= 11 is 18.7. The highest BCUT2D eigenvalue weighted by molar-refractivity contribution is 6.42. The molecule has 0 atom stereocenters. The molecule has 4 aromatic rings. The molecule has 1 heterocycles. The van der Waals surface area contributed by atoms with Gasteiger partial charge in [-0.25, -0.2) is 0 Å². The maximum Gasteiger partial charge on any atom is 0.256 e. The van der Waals surface area contributed by atoms with Gasteiger partial charge in [0.05, 0.1) is 21.1 Å². The van der Waals surface area contributed by atoms with Crippen LogP contribution in [-0.2, 0) is 24.8 Å². The van der Waals surface area contributed by atoms with Gasteiger partial charge in [0.2, 0.25) is 0 Å². The van der Waals surface area contributed by atoms with Gasteiger partial charge in [-0.3, -0.25) is 4.79 Å². The van der Waals surface area contributed by atoms with Crippen molar-refractivity contribution in [1.29, 1.82) is 0 Å². The number of aromatic amines is 1. The van der Waals surface area contributed by atoms with E-state index in [4.69, 9.17) is 34.8 Å². The summed E-state index contributed by atoms with van der Waals surface area (Å²) in [5.74, 6) is -0.0424. The number of aromatic nitrogens is 1. The maximum atomic E-state index is 13.9. The maximum absolute atomic E-state index is 13.9. The first-order valence-corrected chi connectivity index (χ1v) is 13.2. The fraction of sp³-hybridized carbons (Fsp3) is 0.276. The topological polar surface area (TPSA) is 36.1 Å². The summed E-state index contributed by atoms with van der Waals surface area (Å²) in [6, 6.07) is 18.0. The van der Waals surface area contributed by atoms with Crippen LogP contribution in [0.2, 0.25) is 15.1 Å². The molecular weight excluding hydrogens is 499 g/mol. The van der Waals surface area contributed by atoms with Crippen LogP contribution in [0.1, 0.15) is 51.9 Å². The number of rotatable bonds is 6. The van der Waals surface area contributed by atoms with Gasteiger partial charge in [0, 0.05) is 29.7 Å². The second-order valence-electron chi connectivity index (χ2n) is 9.89. The lowest BCUT2D eigenvalue weighted by Crippen LogP contribution is -2.32. The molecule has 2 aliphatic carbocycles. The first-order valence-electron chi connectivity index (χ1n) is 12.0. The SMILES string of the molecule is O=C(c1cc(Cl)cc2cc[nH]c12)N(CCc1ccc(Cl)c(Cl)c1)Cc1ccc2c(c1)CCC21CC1. The van der Waals surface area contributed by atoms with E-state index in [9.17, 15) is 4.79 Å². The van der Waals surface area contributed by atoms with Crippen molar-refractivity contribution >= 4 is 51.6 Å². The van der Waals surface area contributed by atoms with Crippen molar-refractivity contribution in [3.63, 3.8) is 0 Å². The van der Waals surface area contributed by atoms with E-state index < -0.39 is 0 Å². The smallest absolute Gasteiger partial charge is 0.256 e. The molecule has 35 heavy (non-hydrogen) atoms. The van der Waals surface area contributed by atoms with E-state index >= 15 is 0 Å². The van der Waals surface area contributed by atoms with Crippen molar-refractivity contribution in [3.05, 3.63) is 104 Å². The van der Waals surface area contributed by atoms with Crippen LogP contribution in [0, 0.1) is 0 Å². The number of halogens is 3. The van der Waals surface area contributed by atoms with Gasteiger partial charge in [-0.2, -0.15) is 0 Å². The van der Waals surface area contributed by atoms with Crippen LogP contribution in [-0.4, -0.2) is 22.3 Å². The minimum absolute atomic E-state index is 0.0424. The third kappa shape index (κ3) is 4.35. The molecule has 0 saturated heterocycles. The summed E-state index contributed by atoms with van der Waals surface area (Å²) in [5.41, 5.74) is 7.03. The molecule has 2 aliphatic rings. The van der Waals surface area contributed by atoms with Gasteiger partial charge in [-0.05, 0) is 90.1 Å². The molecule has 6 rings (SSSR count). The molecule has 3 nitrogen and oxygen atoms in total. The summed E-state index contributed by atoms with van der Waals surface area (Å²) in [5, 5.41) is 2.54. The molecule has 1 fully saturated rings. The zero-order valence-corrected chi connectivity index (χ0v) is 21.5. The Morgan fingerprint density at radius 2 is 1.74 bits per heavy atom. The number of hydrogen-bond donors (Lipinski definition) is 1. The highest BCUT2D eigenvalue weighted by Crippen LogP contribution is 2.56. The molecule has 1 aromatic heterocycles. The Bertz CT molecular complexity index is 1450. The fourth-order valence-corrected chi connectivity index (χ4v) is 6.10. The summed E-state index contributed by atoms with van der Waals surface area (Å²) in [7, 11) is 0. The van der Waals surface area contributed by atoms with Crippen LogP contribution in [0.5, 0.6) is 0 Å². The third-order valence-electron chi connectivity index (χ3n) is 7.64. The van der Waals surface area contributed by atoms with Crippen LogP contribution >= 0.6 is 34.8 Å². The molecular formula is C29H25Cl3N2O. The lowest BCUT2D eigenvalue weighted by molar-refractivity contribution is 0.0747. The molecule has 1 N–H and O–H groups in total. The summed E-state index contributed by atoms with van der Waals surface area (Å²) < 4.78 is 0. The van der Waals surface area contributed by atoms with E-state index in [0.717, 1.165) is 28.5 Å². The summed E-state index contributed by atoms with van der Waals surface area (Å²) in [4.78, 5) is 19.0. The van der Waals surface area contributed by atoms with Crippen LogP contribution in [0.15, 0.2) is 60.8 Å². The molecule has 0 unspecified atom stereocenters. The fourth-order valence-electron chi connectivity index (χ4n) is 5.55. The number of benzene rings is 3. The van der Waals surface area contributed by atoms with Gasteiger partial charge in [0.25, 0.3) is 5.91 Å². The van der Waals surface area contributed by atoms with Gasteiger partial charge in [0.15, 0.2) is 0 Å². The number of hydrogen-bond acceptors (Lipinski definition) is 1. The van der Waals surface area contributed by atoms with Crippen molar-refractivity contribution in [3.8, 4) is 0 Å². The molecule has 0 radical (unpaired) electrons. The summed E-state index contributed by atoms with van der Waals surface area (Å²) in [6.07, 6.45) is 7.54. The Labute approximate surface area is 220 Å². The van der Waals surface area contributed by atoms with Gasteiger partial charge in [0.1, 0.15) is 0 Å². The molecule has 3 aromatic carbocycles. The Morgan fingerprint density at radius 3 is 2.54 bits per heavy atom. The number of carbonyl (C=O) groups excluding carboxylic acids is 1. The Kier molecular flexibility index (Phi) is 5.83. The van der Waals surface area contributed by atoms with Crippen LogP contribution in [0.3, 0.4) is 0 Å². The predicted octanol–water partition coefficient (Wildman–Crippen LogP) is 7.99. The number of nitrogens with zero attached hydrogens (tertiary/aromatic N) is 1. The van der Waals surface area contributed by atoms with Crippen molar-refractivity contribution < 1.29 is 4.79 Å². The average Bonchev–Trinajstić information content (AvgIpc) is 3.33. The summed E-state index contributed by atoms with van der Waals surface area (Å²) in [6.45, 7) is 1.09. The first-order chi connectivity index (χ1) is 16.9. The molecule has 0 bridgehead atoms. The zero-order chi connectivity index (χ0) is 24.2.